The van der Waals surface area contributed by atoms with Gasteiger partial charge in [-0.3, -0.25) is 0 Å². The van der Waals surface area contributed by atoms with Crippen LogP contribution >= 0.6 is 0 Å². The van der Waals surface area contributed by atoms with Crippen molar-refractivity contribution in [1.29, 1.82) is 0 Å². The van der Waals surface area contributed by atoms with Gasteiger partial charge in [0.15, 0.2) is 0 Å². The zero-order valence-corrected chi connectivity index (χ0v) is 35.5. The average molecular weight is 807 g/mol. The Kier molecular flexibility index (Phi) is 7.75. The third-order valence-electron chi connectivity index (χ3n) is 14.4. The Bertz CT molecular complexity index is 3460. The first-order valence-corrected chi connectivity index (χ1v) is 22.2. The number of hydrogen-bond donors (Lipinski definition) is 0. The van der Waals surface area contributed by atoms with Crippen LogP contribution in [0.5, 0.6) is 0 Å². The molecule has 0 heteroatoms. The first-order valence-electron chi connectivity index (χ1n) is 22.2. The summed E-state index contributed by atoms with van der Waals surface area (Å²) in [7, 11) is 0. The van der Waals surface area contributed by atoms with Gasteiger partial charge in [0.1, 0.15) is 10.8 Å². The van der Waals surface area contributed by atoms with Crippen LogP contribution in [0.2, 0.25) is 0 Å². The minimum atomic E-state index is -0.603. The lowest BCUT2D eigenvalue weighted by atomic mass is 9.53. The van der Waals surface area contributed by atoms with Gasteiger partial charge in [-0.05, 0) is 150 Å². The predicted octanol–water partition coefficient (Wildman–Crippen LogP) is 13.0. The van der Waals surface area contributed by atoms with Crippen molar-refractivity contribution >= 4 is 21.5 Å². The number of benzene rings is 9. The minimum Gasteiger partial charge on any atom is -0.0676 e. The van der Waals surface area contributed by atoms with E-state index in [4.69, 9.17) is 0 Å². The third kappa shape index (κ3) is 4.95. The molecule has 9 aromatic carbocycles. The molecule has 0 saturated carbocycles. The van der Waals surface area contributed by atoms with E-state index in [9.17, 15) is 0 Å². The molecule has 0 atom stereocenters. The first kappa shape index (κ1) is 36.4. The molecule has 0 radical (unpaired) electrons. The second kappa shape index (κ2) is 13.6. The summed E-state index contributed by atoms with van der Waals surface area (Å²) in [5.41, 5.74) is 18.8. The summed E-state index contributed by atoms with van der Waals surface area (Å²) in [6, 6.07) is 66.4. The maximum Gasteiger partial charge on any atom is 0.108 e. The Morgan fingerprint density at radius 1 is 0.328 bits per heavy atom. The van der Waals surface area contributed by atoms with Gasteiger partial charge in [0.05, 0.1) is 0 Å². The zero-order chi connectivity index (χ0) is 42.6. The summed E-state index contributed by atoms with van der Waals surface area (Å²) >= 11 is 0. The van der Waals surface area contributed by atoms with Crippen LogP contribution in [0.1, 0.15) is 101 Å². The molecule has 0 fully saturated rings. The van der Waals surface area contributed by atoms with E-state index in [1.54, 1.807) is 0 Å². The van der Waals surface area contributed by atoms with Crippen LogP contribution in [0.15, 0.2) is 182 Å². The predicted molar refractivity (Wildman–Crippen MR) is 261 cm³/mol. The van der Waals surface area contributed by atoms with Crippen molar-refractivity contribution in [3.8, 4) is 47.4 Å². The van der Waals surface area contributed by atoms with E-state index in [2.05, 4.69) is 243 Å². The van der Waals surface area contributed by atoms with Gasteiger partial charge in [-0.2, -0.15) is 0 Å². The Morgan fingerprint density at radius 2 is 0.703 bits per heavy atom. The zero-order valence-electron chi connectivity index (χ0n) is 35.5. The standard InChI is InChI=1S/C64H38/c1-41-31-33-51-59(37-41)63(55-27-7-3-23-47(55)61(51)48-24-4-8-28-56(48)63)35-13-11-17-43-19-15-21-45-39-46-22-16-20-44(54(46)40-53(43)45)18-12-14-36-64-57-29-9-5-25-49(57)62(50-26-6-10-30-58(50)64)52-34-32-42(2)38-60(52)64/h3-10,15-16,19-34,37-40,61-62H,1-2H3. The highest BCUT2D eigenvalue weighted by molar-refractivity contribution is 6.03. The summed E-state index contributed by atoms with van der Waals surface area (Å²) in [6.45, 7) is 4.35. The maximum absolute atomic E-state index is 3.80. The average Bonchev–Trinajstić information content (AvgIpc) is 3.34. The molecule has 0 saturated heterocycles. The van der Waals surface area contributed by atoms with Gasteiger partial charge in [-0.25, -0.2) is 0 Å². The van der Waals surface area contributed by atoms with Crippen LogP contribution in [0.4, 0.5) is 0 Å². The first-order chi connectivity index (χ1) is 31.5. The largest absolute Gasteiger partial charge is 0.108 e. The Balaban J connectivity index is 0.917. The summed E-state index contributed by atoms with van der Waals surface area (Å²) in [5.74, 6) is 28.5. The maximum atomic E-state index is 3.80. The summed E-state index contributed by atoms with van der Waals surface area (Å²) in [5, 5.41) is 4.42. The van der Waals surface area contributed by atoms with Crippen molar-refractivity contribution in [2.24, 2.45) is 0 Å². The van der Waals surface area contributed by atoms with Gasteiger partial charge in [0.2, 0.25) is 0 Å². The number of hydrogen-bond acceptors (Lipinski definition) is 0. The SMILES string of the molecule is Cc1ccc2c(c1)C1(C#CC#Cc3cccc4cc5cccc(C#CC#CC67c8ccccc8C(c8ccccc86)c6ccc(C)cc67)c5cc34)c3ccccc3C2c2ccccc21. The highest BCUT2D eigenvalue weighted by Gasteiger charge is 2.52. The van der Waals surface area contributed by atoms with Gasteiger partial charge in [0.25, 0.3) is 0 Å². The molecule has 0 heterocycles. The molecule has 0 aliphatic heterocycles. The Labute approximate surface area is 374 Å². The fourth-order valence-corrected chi connectivity index (χ4v) is 11.9. The number of rotatable bonds is 0. The molecule has 0 nitrogen and oxygen atoms in total. The lowest BCUT2D eigenvalue weighted by molar-refractivity contribution is 0.665. The molecule has 4 bridgehead atoms. The molecule has 294 valence electrons. The smallest absolute Gasteiger partial charge is 0.0676 e. The van der Waals surface area contributed by atoms with Crippen molar-refractivity contribution in [1.82, 2.24) is 0 Å². The van der Waals surface area contributed by atoms with E-state index in [-0.39, 0.29) is 11.8 Å². The monoisotopic (exact) mass is 806 g/mol. The summed E-state index contributed by atoms with van der Waals surface area (Å²) in [4.78, 5) is 0. The van der Waals surface area contributed by atoms with E-state index in [0.29, 0.717) is 0 Å². The highest BCUT2D eigenvalue weighted by Crippen LogP contribution is 2.60. The molecule has 0 aromatic heterocycles. The second-order valence-corrected chi connectivity index (χ2v) is 17.8. The molecule has 64 heavy (non-hydrogen) atoms. The lowest BCUT2D eigenvalue weighted by Gasteiger charge is -2.48. The van der Waals surface area contributed by atoms with E-state index in [1.807, 2.05) is 0 Å². The van der Waals surface area contributed by atoms with Crippen molar-refractivity contribution in [3.63, 3.8) is 0 Å². The summed E-state index contributed by atoms with van der Waals surface area (Å²) in [6.07, 6.45) is 0. The van der Waals surface area contributed by atoms with E-state index >= 15 is 0 Å². The normalized spacial score (nSPS) is 19.3. The molecule has 6 aliphatic carbocycles. The van der Waals surface area contributed by atoms with Crippen molar-refractivity contribution in [3.05, 3.63) is 271 Å². The van der Waals surface area contributed by atoms with Crippen molar-refractivity contribution in [2.75, 3.05) is 0 Å². The van der Waals surface area contributed by atoms with E-state index in [0.717, 1.165) is 32.7 Å². The van der Waals surface area contributed by atoms with Crippen LogP contribution in [-0.2, 0) is 10.8 Å². The van der Waals surface area contributed by atoms with Crippen LogP contribution in [-0.4, -0.2) is 0 Å². The second-order valence-electron chi connectivity index (χ2n) is 17.8. The van der Waals surface area contributed by atoms with E-state index in [1.165, 1.54) is 77.9 Å². The van der Waals surface area contributed by atoms with Gasteiger partial charge >= 0.3 is 0 Å². The quantitative estimate of drug-likeness (QED) is 0.106. The van der Waals surface area contributed by atoms with Gasteiger partial charge < -0.3 is 0 Å². The topological polar surface area (TPSA) is 0 Å². The van der Waals surface area contributed by atoms with Crippen LogP contribution < -0.4 is 0 Å². The molecular formula is C64H38. The van der Waals surface area contributed by atoms with Crippen LogP contribution in [0.3, 0.4) is 0 Å². The van der Waals surface area contributed by atoms with Gasteiger partial charge in [-0.1, -0.05) is 193 Å². The van der Waals surface area contributed by atoms with Crippen LogP contribution in [0.25, 0.3) is 21.5 Å². The molecule has 0 spiro atoms. The third-order valence-corrected chi connectivity index (χ3v) is 14.4. The Hall–Kier alpha value is -8.26. The molecule has 9 aromatic rings. The highest BCUT2D eigenvalue weighted by atomic mass is 14.5. The Morgan fingerprint density at radius 3 is 1.11 bits per heavy atom. The lowest BCUT2D eigenvalue weighted by Crippen LogP contribution is -2.41. The fraction of sp³-hybridized carbons (Fsp3) is 0.0938. The molecular weight excluding hydrogens is 769 g/mol. The fourth-order valence-electron chi connectivity index (χ4n) is 11.9. The molecule has 15 rings (SSSR count). The molecule has 0 amide bonds. The minimum absolute atomic E-state index is 0.202. The molecule has 0 N–H and O–H groups in total. The number of fused-ring (bicyclic) bond motifs is 2. The van der Waals surface area contributed by atoms with Gasteiger partial charge in [-0.15, -0.1) is 0 Å². The van der Waals surface area contributed by atoms with E-state index < -0.39 is 10.8 Å². The molecule has 6 aliphatic rings. The molecule has 0 unspecified atom stereocenters. The van der Waals surface area contributed by atoms with Crippen molar-refractivity contribution < 1.29 is 0 Å². The van der Waals surface area contributed by atoms with Gasteiger partial charge in [0, 0.05) is 23.0 Å². The van der Waals surface area contributed by atoms with Crippen molar-refractivity contribution in [2.45, 2.75) is 36.5 Å². The summed E-state index contributed by atoms with van der Waals surface area (Å²) < 4.78 is 0. The van der Waals surface area contributed by atoms with Crippen LogP contribution in [0, 0.1) is 61.2 Å². The number of aryl methyl sites for hydroxylation is 2.